The van der Waals surface area contributed by atoms with Crippen molar-refractivity contribution in [2.75, 3.05) is 5.32 Å². The molecule has 0 unspecified atom stereocenters. The maximum absolute atomic E-state index is 12.4. The van der Waals surface area contributed by atoms with Gasteiger partial charge in [0.2, 0.25) is 5.91 Å². The van der Waals surface area contributed by atoms with Gasteiger partial charge < -0.3 is 5.32 Å². The molecule has 0 saturated heterocycles. The average molecular weight is 368 g/mol. The number of amides is 1. The zero-order valence-corrected chi connectivity index (χ0v) is 15.5. The largest absolute Gasteiger partial charge is 0.310 e. The molecule has 4 rings (SSSR count). The fraction of sp³-hybridized carbons (Fsp3) is 0.263. The third kappa shape index (κ3) is 2.86. The summed E-state index contributed by atoms with van der Waals surface area (Å²) in [5.74, 6) is 0.928. The van der Waals surface area contributed by atoms with Gasteiger partial charge in [0.1, 0.15) is 5.82 Å². The normalized spacial score (nSPS) is 16.3. The van der Waals surface area contributed by atoms with Gasteiger partial charge in [0, 0.05) is 34.3 Å². The molecule has 26 heavy (non-hydrogen) atoms. The standard InChI is InChI=1S/C19H18ClN5O/c1-10-7-11(2)22-19(21-10)25-18-17(12(3)24-25)15(9-16(26)23-18)13-5-4-6-14(20)8-13/h4-8,15H,9H2,1-3H3,(H,23,26)/t15-/m1/s1. The topological polar surface area (TPSA) is 72.7 Å². The second-order valence-electron chi connectivity index (χ2n) is 6.57. The third-order valence-electron chi connectivity index (χ3n) is 4.51. The smallest absolute Gasteiger partial charge is 0.252 e. The molecule has 0 bridgehead atoms. The van der Waals surface area contributed by atoms with E-state index in [4.69, 9.17) is 11.6 Å². The number of hydrogen-bond donors (Lipinski definition) is 1. The van der Waals surface area contributed by atoms with E-state index in [2.05, 4.69) is 20.4 Å². The summed E-state index contributed by atoms with van der Waals surface area (Å²) < 4.78 is 1.62. The number of aromatic nitrogens is 4. The molecule has 6 nitrogen and oxygen atoms in total. The van der Waals surface area contributed by atoms with Crippen molar-refractivity contribution in [3.63, 3.8) is 0 Å². The first kappa shape index (κ1) is 16.7. The van der Waals surface area contributed by atoms with E-state index in [0.29, 0.717) is 23.2 Å². The van der Waals surface area contributed by atoms with E-state index in [-0.39, 0.29) is 11.8 Å². The molecule has 1 amide bonds. The third-order valence-corrected chi connectivity index (χ3v) is 4.75. The van der Waals surface area contributed by atoms with Gasteiger partial charge in [-0.3, -0.25) is 4.79 Å². The molecule has 2 aromatic heterocycles. The lowest BCUT2D eigenvalue weighted by Crippen LogP contribution is -2.25. The number of rotatable bonds is 2. The summed E-state index contributed by atoms with van der Waals surface area (Å²) in [5.41, 5.74) is 4.52. The molecule has 0 fully saturated rings. The van der Waals surface area contributed by atoms with Crippen LogP contribution in [-0.2, 0) is 4.79 Å². The van der Waals surface area contributed by atoms with Gasteiger partial charge in [-0.2, -0.15) is 9.78 Å². The van der Waals surface area contributed by atoms with Crippen molar-refractivity contribution in [2.24, 2.45) is 0 Å². The minimum Gasteiger partial charge on any atom is -0.310 e. The number of carbonyl (C=O) groups excluding carboxylic acids is 1. The fourth-order valence-corrected chi connectivity index (χ4v) is 3.70. The van der Waals surface area contributed by atoms with Crippen LogP contribution >= 0.6 is 11.6 Å². The van der Waals surface area contributed by atoms with Crippen LogP contribution in [0.3, 0.4) is 0 Å². The number of anilines is 1. The monoisotopic (exact) mass is 367 g/mol. The Kier molecular flexibility index (Phi) is 4.00. The van der Waals surface area contributed by atoms with Crippen LogP contribution in [0.2, 0.25) is 5.02 Å². The molecular weight excluding hydrogens is 350 g/mol. The highest BCUT2D eigenvalue weighted by Crippen LogP contribution is 2.40. The van der Waals surface area contributed by atoms with Gasteiger partial charge in [-0.25, -0.2) is 9.97 Å². The zero-order chi connectivity index (χ0) is 18.4. The van der Waals surface area contributed by atoms with E-state index in [1.54, 1.807) is 4.68 Å². The van der Waals surface area contributed by atoms with Crippen LogP contribution in [0.5, 0.6) is 0 Å². The fourth-order valence-electron chi connectivity index (χ4n) is 3.50. The Labute approximate surface area is 156 Å². The SMILES string of the molecule is Cc1cc(C)nc(-n2nc(C)c3c2NC(=O)C[C@@H]3c2cccc(Cl)c2)n1. The Morgan fingerprint density at radius 2 is 1.88 bits per heavy atom. The zero-order valence-electron chi connectivity index (χ0n) is 14.7. The van der Waals surface area contributed by atoms with Crippen LogP contribution < -0.4 is 5.32 Å². The predicted molar refractivity (Wildman–Crippen MR) is 99.9 cm³/mol. The molecular formula is C19H18ClN5O. The van der Waals surface area contributed by atoms with Crippen molar-refractivity contribution in [1.29, 1.82) is 0 Å². The van der Waals surface area contributed by atoms with E-state index in [9.17, 15) is 4.79 Å². The minimum absolute atomic E-state index is 0.0620. The molecule has 1 aliphatic rings. The molecule has 3 heterocycles. The van der Waals surface area contributed by atoms with Crippen LogP contribution in [0.25, 0.3) is 5.95 Å². The summed E-state index contributed by atoms with van der Waals surface area (Å²) in [6.07, 6.45) is 0.355. The quantitative estimate of drug-likeness (QED) is 0.749. The van der Waals surface area contributed by atoms with Gasteiger partial charge in [0.15, 0.2) is 0 Å². The first-order valence-electron chi connectivity index (χ1n) is 8.40. The Morgan fingerprint density at radius 1 is 1.15 bits per heavy atom. The summed E-state index contributed by atoms with van der Waals surface area (Å²) in [6.45, 7) is 5.76. The van der Waals surface area contributed by atoms with Gasteiger partial charge in [-0.1, -0.05) is 23.7 Å². The number of nitrogens with zero attached hydrogens (tertiary/aromatic N) is 4. The number of carbonyl (C=O) groups is 1. The van der Waals surface area contributed by atoms with Crippen molar-refractivity contribution < 1.29 is 4.79 Å². The van der Waals surface area contributed by atoms with Gasteiger partial charge >= 0.3 is 0 Å². The number of benzene rings is 1. The highest BCUT2D eigenvalue weighted by molar-refractivity contribution is 6.30. The number of halogens is 1. The maximum atomic E-state index is 12.4. The highest BCUT2D eigenvalue weighted by Gasteiger charge is 2.33. The summed E-state index contributed by atoms with van der Waals surface area (Å²) in [5, 5.41) is 8.22. The van der Waals surface area contributed by atoms with Gasteiger partial charge in [-0.05, 0) is 44.5 Å². The van der Waals surface area contributed by atoms with E-state index in [1.807, 2.05) is 51.1 Å². The molecule has 0 spiro atoms. The van der Waals surface area contributed by atoms with Crippen LogP contribution in [-0.4, -0.2) is 25.7 Å². The number of hydrogen-bond acceptors (Lipinski definition) is 4. The second-order valence-corrected chi connectivity index (χ2v) is 7.01. The number of nitrogens with one attached hydrogen (secondary N) is 1. The Morgan fingerprint density at radius 3 is 2.58 bits per heavy atom. The van der Waals surface area contributed by atoms with Crippen LogP contribution in [0.1, 0.15) is 40.5 Å². The van der Waals surface area contributed by atoms with Crippen LogP contribution in [0.15, 0.2) is 30.3 Å². The Balaban J connectivity index is 1.90. The van der Waals surface area contributed by atoms with Crippen molar-refractivity contribution in [3.05, 3.63) is 63.6 Å². The average Bonchev–Trinajstić information content (AvgIpc) is 2.90. The van der Waals surface area contributed by atoms with Crippen molar-refractivity contribution in [3.8, 4) is 5.95 Å². The number of aryl methyl sites for hydroxylation is 3. The lowest BCUT2D eigenvalue weighted by Gasteiger charge is -2.24. The van der Waals surface area contributed by atoms with Gasteiger partial charge in [0.25, 0.3) is 5.95 Å². The summed E-state index contributed by atoms with van der Waals surface area (Å²) in [6, 6.07) is 9.52. The lowest BCUT2D eigenvalue weighted by molar-refractivity contribution is -0.116. The van der Waals surface area contributed by atoms with Crippen molar-refractivity contribution >= 4 is 23.3 Å². The van der Waals surface area contributed by atoms with Gasteiger partial charge in [0.05, 0.1) is 5.69 Å². The molecule has 1 N–H and O–H groups in total. The van der Waals surface area contributed by atoms with Crippen LogP contribution in [0.4, 0.5) is 5.82 Å². The predicted octanol–water partition coefficient (Wildman–Crippen LogP) is 3.72. The van der Waals surface area contributed by atoms with E-state index in [1.165, 1.54) is 0 Å². The molecule has 0 aliphatic carbocycles. The first-order chi connectivity index (χ1) is 12.4. The molecule has 1 atom stereocenters. The van der Waals surface area contributed by atoms with E-state index >= 15 is 0 Å². The minimum atomic E-state index is -0.0999. The molecule has 7 heteroatoms. The van der Waals surface area contributed by atoms with Crippen molar-refractivity contribution in [2.45, 2.75) is 33.1 Å². The summed E-state index contributed by atoms with van der Waals surface area (Å²) in [7, 11) is 0. The Hall–Kier alpha value is -2.73. The van der Waals surface area contributed by atoms with E-state index in [0.717, 1.165) is 28.2 Å². The summed E-state index contributed by atoms with van der Waals surface area (Å²) in [4.78, 5) is 21.4. The maximum Gasteiger partial charge on any atom is 0.252 e. The van der Waals surface area contributed by atoms with Crippen LogP contribution in [0, 0.1) is 20.8 Å². The first-order valence-corrected chi connectivity index (χ1v) is 8.77. The second kappa shape index (κ2) is 6.21. The number of fused-ring (bicyclic) bond motifs is 1. The highest BCUT2D eigenvalue weighted by atomic mass is 35.5. The molecule has 132 valence electrons. The molecule has 1 aliphatic heterocycles. The summed E-state index contributed by atoms with van der Waals surface area (Å²) >= 11 is 6.16. The van der Waals surface area contributed by atoms with Gasteiger partial charge in [-0.15, -0.1) is 0 Å². The van der Waals surface area contributed by atoms with E-state index < -0.39 is 0 Å². The molecule has 1 aromatic carbocycles. The molecule has 0 radical (unpaired) electrons. The lowest BCUT2D eigenvalue weighted by atomic mass is 9.86. The van der Waals surface area contributed by atoms with Crippen molar-refractivity contribution in [1.82, 2.24) is 19.7 Å². The molecule has 3 aromatic rings. The Bertz CT molecular complexity index is 1010. The molecule has 0 saturated carbocycles.